The Morgan fingerprint density at radius 3 is 2.58 bits per heavy atom. The highest BCUT2D eigenvalue weighted by atomic mass is 19.1. The topological polar surface area (TPSA) is 64.7 Å². The number of nitrogens with zero attached hydrogens (tertiary/aromatic N) is 2. The van der Waals surface area contributed by atoms with Crippen LogP contribution in [0.15, 0.2) is 24.3 Å². The zero-order valence-electron chi connectivity index (χ0n) is 14.1. The van der Waals surface area contributed by atoms with Crippen LogP contribution in [0.3, 0.4) is 0 Å². The van der Waals surface area contributed by atoms with Crippen LogP contribution < -0.4 is 10.6 Å². The molecule has 7 heteroatoms. The van der Waals surface area contributed by atoms with Crippen LogP contribution in [0.5, 0.6) is 0 Å². The number of likely N-dealkylation sites (N-methyl/N-ethyl adjacent to an activating group) is 1. The summed E-state index contributed by atoms with van der Waals surface area (Å²) in [5, 5.41) is 5.05. The minimum absolute atomic E-state index is 0.392. The molecule has 1 heterocycles. The normalized spacial score (nSPS) is 16.4. The van der Waals surface area contributed by atoms with Crippen molar-refractivity contribution in [1.29, 1.82) is 0 Å². The molecule has 0 spiro atoms. The van der Waals surface area contributed by atoms with Gasteiger partial charge in [0, 0.05) is 25.3 Å². The summed E-state index contributed by atoms with van der Waals surface area (Å²) in [6.07, 6.45) is 1.96. The number of rotatable bonds is 5. The van der Waals surface area contributed by atoms with Crippen LogP contribution in [0.25, 0.3) is 0 Å². The van der Waals surface area contributed by atoms with Crippen LogP contribution in [-0.2, 0) is 9.59 Å². The van der Waals surface area contributed by atoms with Crippen LogP contribution >= 0.6 is 0 Å². The molecule has 1 aromatic rings. The Morgan fingerprint density at radius 2 is 1.83 bits per heavy atom. The Labute approximate surface area is 142 Å². The number of amides is 2. The van der Waals surface area contributed by atoms with E-state index in [1.165, 1.54) is 24.3 Å². The third-order valence-corrected chi connectivity index (χ3v) is 4.06. The molecule has 2 rings (SSSR count). The number of carbonyl (C=O) groups excluding carboxylic acids is 2. The average Bonchev–Trinajstić information content (AvgIpc) is 2.78. The summed E-state index contributed by atoms with van der Waals surface area (Å²) in [5.74, 6) is -1.80. The van der Waals surface area contributed by atoms with E-state index in [9.17, 15) is 14.0 Å². The maximum absolute atomic E-state index is 12.8. The molecule has 0 atom stereocenters. The van der Waals surface area contributed by atoms with Gasteiger partial charge >= 0.3 is 11.8 Å². The molecule has 0 saturated carbocycles. The smallest absolute Gasteiger partial charge is 0.313 e. The molecule has 1 fully saturated rings. The first-order valence-corrected chi connectivity index (χ1v) is 8.30. The first kappa shape index (κ1) is 18.4. The van der Waals surface area contributed by atoms with Gasteiger partial charge in [-0.2, -0.15) is 0 Å². The van der Waals surface area contributed by atoms with Gasteiger partial charge in [0.15, 0.2) is 0 Å². The zero-order valence-corrected chi connectivity index (χ0v) is 14.1. The van der Waals surface area contributed by atoms with Crippen LogP contribution in [-0.4, -0.2) is 67.9 Å². The molecule has 6 nitrogen and oxygen atoms in total. The monoisotopic (exact) mass is 336 g/mol. The molecule has 2 amide bonds. The molecule has 0 bridgehead atoms. The molecular formula is C17H25FN4O2. The quantitative estimate of drug-likeness (QED) is 0.620. The molecule has 132 valence electrons. The lowest BCUT2D eigenvalue weighted by molar-refractivity contribution is -0.136. The summed E-state index contributed by atoms with van der Waals surface area (Å²) < 4.78 is 12.8. The molecule has 0 aliphatic carbocycles. The fourth-order valence-electron chi connectivity index (χ4n) is 2.63. The molecular weight excluding hydrogens is 311 g/mol. The molecule has 1 aliphatic rings. The van der Waals surface area contributed by atoms with Crippen molar-refractivity contribution in [3.63, 3.8) is 0 Å². The third kappa shape index (κ3) is 6.25. The standard InChI is InChI=1S/C17H25FN4O2/c1-21-9-3-11-22(13-12-21)10-2-8-19-16(23)17(24)20-15-6-4-14(18)5-7-15/h4-7H,2-3,8-13H2,1H3,(H,19,23)(H,20,24). The number of anilines is 1. The maximum atomic E-state index is 12.8. The number of benzene rings is 1. The fraction of sp³-hybridized carbons (Fsp3) is 0.529. The van der Waals surface area contributed by atoms with Gasteiger partial charge in [-0.25, -0.2) is 4.39 Å². The highest BCUT2D eigenvalue weighted by Gasteiger charge is 2.14. The van der Waals surface area contributed by atoms with Crippen molar-refractivity contribution in [2.75, 3.05) is 51.6 Å². The fourth-order valence-corrected chi connectivity index (χ4v) is 2.63. The van der Waals surface area contributed by atoms with Crippen molar-refractivity contribution in [1.82, 2.24) is 15.1 Å². The van der Waals surface area contributed by atoms with E-state index in [1.807, 2.05) is 0 Å². The lowest BCUT2D eigenvalue weighted by Gasteiger charge is -2.19. The van der Waals surface area contributed by atoms with E-state index >= 15 is 0 Å². The highest BCUT2D eigenvalue weighted by molar-refractivity contribution is 6.39. The van der Waals surface area contributed by atoms with Crippen LogP contribution in [0.1, 0.15) is 12.8 Å². The largest absolute Gasteiger partial charge is 0.348 e. The maximum Gasteiger partial charge on any atom is 0.313 e. The van der Waals surface area contributed by atoms with Gasteiger partial charge in [-0.1, -0.05) is 0 Å². The second kappa shape index (κ2) is 9.34. The van der Waals surface area contributed by atoms with Crippen molar-refractivity contribution in [2.45, 2.75) is 12.8 Å². The van der Waals surface area contributed by atoms with Crippen molar-refractivity contribution in [3.05, 3.63) is 30.1 Å². The summed E-state index contributed by atoms with van der Waals surface area (Å²) in [5.41, 5.74) is 0.394. The summed E-state index contributed by atoms with van der Waals surface area (Å²) >= 11 is 0. The lowest BCUT2D eigenvalue weighted by atomic mass is 10.3. The Bertz CT molecular complexity index is 550. The van der Waals surface area contributed by atoms with E-state index in [1.54, 1.807) is 0 Å². The number of nitrogens with one attached hydrogen (secondary N) is 2. The van der Waals surface area contributed by atoms with Gasteiger partial charge in [0.1, 0.15) is 5.82 Å². The predicted octanol–water partition coefficient (Wildman–Crippen LogP) is 0.908. The SMILES string of the molecule is CN1CCCN(CCCNC(=O)C(=O)Nc2ccc(F)cc2)CC1. The number of hydrogen-bond acceptors (Lipinski definition) is 4. The van der Waals surface area contributed by atoms with Crippen LogP contribution in [0.4, 0.5) is 10.1 Å². The van der Waals surface area contributed by atoms with Gasteiger partial charge in [0.25, 0.3) is 0 Å². The lowest BCUT2D eigenvalue weighted by Crippen LogP contribution is -2.37. The molecule has 1 aliphatic heterocycles. The van der Waals surface area contributed by atoms with Gasteiger partial charge in [-0.05, 0) is 63.8 Å². The van der Waals surface area contributed by atoms with E-state index in [-0.39, 0.29) is 0 Å². The number of halogens is 1. The predicted molar refractivity (Wildman–Crippen MR) is 91.2 cm³/mol. The van der Waals surface area contributed by atoms with E-state index in [0.717, 1.165) is 45.6 Å². The first-order valence-electron chi connectivity index (χ1n) is 8.30. The van der Waals surface area contributed by atoms with Gasteiger partial charge < -0.3 is 20.4 Å². The average molecular weight is 336 g/mol. The highest BCUT2D eigenvalue weighted by Crippen LogP contribution is 2.07. The van der Waals surface area contributed by atoms with Gasteiger partial charge in [-0.15, -0.1) is 0 Å². The van der Waals surface area contributed by atoms with Crippen molar-refractivity contribution in [2.24, 2.45) is 0 Å². The number of hydrogen-bond donors (Lipinski definition) is 2. The second-order valence-corrected chi connectivity index (χ2v) is 6.07. The Morgan fingerprint density at radius 1 is 1.08 bits per heavy atom. The molecule has 0 radical (unpaired) electrons. The van der Waals surface area contributed by atoms with Crippen LogP contribution in [0, 0.1) is 5.82 Å². The van der Waals surface area contributed by atoms with E-state index < -0.39 is 17.6 Å². The molecule has 2 N–H and O–H groups in total. The molecule has 24 heavy (non-hydrogen) atoms. The first-order chi connectivity index (χ1) is 11.5. The summed E-state index contributed by atoms with van der Waals surface area (Å²) in [6, 6.07) is 5.28. The van der Waals surface area contributed by atoms with Gasteiger partial charge in [-0.3, -0.25) is 9.59 Å². The Balaban J connectivity index is 1.63. The Hall–Kier alpha value is -1.99. The number of carbonyl (C=O) groups is 2. The zero-order chi connectivity index (χ0) is 17.4. The van der Waals surface area contributed by atoms with Gasteiger partial charge in [0.05, 0.1) is 0 Å². The molecule has 0 aromatic heterocycles. The second-order valence-electron chi connectivity index (χ2n) is 6.07. The third-order valence-electron chi connectivity index (χ3n) is 4.06. The molecule has 1 aromatic carbocycles. The minimum atomic E-state index is -0.738. The summed E-state index contributed by atoms with van der Waals surface area (Å²) in [4.78, 5) is 28.2. The van der Waals surface area contributed by atoms with Gasteiger partial charge in [0.2, 0.25) is 0 Å². The molecule has 0 unspecified atom stereocenters. The Kier molecular flexibility index (Phi) is 7.14. The minimum Gasteiger partial charge on any atom is -0.348 e. The molecule has 1 saturated heterocycles. The summed E-state index contributed by atoms with van der Waals surface area (Å²) in [6.45, 7) is 5.66. The van der Waals surface area contributed by atoms with E-state index in [0.29, 0.717) is 12.2 Å². The van der Waals surface area contributed by atoms with E-state index in [2.05, 4.69) is 27.5 Å². The van der Waals surface area contributed by atoms with Crippen LogP contribution in [0.2, 0.25) is 0 Å². The van der Waals surface area contributed by atoms with E-state index in [4.69, 9.17) is 0 Å². The summed E-state index contributed by atoms with van der Waals surface area (Å²) in [7, 11) is 2.13. The van der Waals surface area contributed by atoms with Crippen molar-refractivity contribution in [3.8, 4) is 0 Å². The van der Waals surface area contributed by atoms with Crippen molar-refractivity contribution >= 4 is 17.5 Å². The van der Waals surface area contributed by atoms with Crippen molar-refractivity contribution < 1.29 is 14.0 Å².